The van der Waals surface area contributed by atoms with Crippen molar-refractivity contribution in [1.82, 2.24) is 0 Å². The van der Waals surface area contributed by atoms with Gasteiger partial charge in [-0.3, -0.25) is 4.79 Å². The van der Waals surface area contributed by atoms with Gasteiger partial charge in [-0.05, 0) is 76.0 Å². The van der Waals surface area contributed by atoms with Gasteiger partial charge in [0.2, 0.25) is 0 Å². The molecule has 0 aliphatic heterocycles. The molecule has 0 aromatic carbocycles. The number of carbonyl (C=O) groups is 4. The number of aliphatic hydroxyl groups excluding tert-OH is 4. The van der Waals surface area contributed by atoms with Crippen LogP contribution in [0.25, 0.3) is 0 Å². The average molecular weight is 603 g/mol. The van der Waals surface area contributed by atoms with E-state index in [-0.39, 0.29) is 22.1 Å². The Bertz CT molecular complexity index is 866. The Morgan fingerprint density at radius 3 is 1.02 bits per heavy atom. The summed E-state index contributed by atoms with van der Waals surface area (Å²) in [6.45, 7) is 16.8. The van der Waals surface area contributed by atoms with Crippen LogP contribution in [0.15, 0.2) is 36.5 Å². The van der Waals surface area contributed by atoms with Crippen molar-refractivity contribution in [2.45, 2.75) is 73.1 Å². The van der Waals surface area contributed by atoms with E-state index in [2.05, 4.69) is 33.6 Å². The lowest BCUT2D eigenvalue weighted by Gasteiger charge is -2.63. The van der Waals surface area contributed by atoms with Gasteiger partial charge in [-0.15, -0.1) is 0 Å². The van der Waals surface area contributed by atoms with E-state index in [0.29, 0.717) is 16.7 Å². The SMILES string of the molecule is C=C(C)C(=O)O.C=C(C)C(=O)O.C=C(C)C(=O)O.CC12CC3CC(C)(C1)CC(C(=O)O)(C3)C2.OCC(CO)(CO)CO. The van der Waals surface area contributed by atoms with Crippen LogP contribution >= 0.6 is 0 Å². The number of aliphatic carboxylic acids is 4. The molecule has 0 heterocycles. The second kappa shape index (κ2) is 17.2. The third kappa shape index (κ3) is 13.3. The summed E-state index contributed by atoms with van der Waals surface area (Å²) in [5, 5.41) is 67.2. The van der Waals surface area contributed by atoms with Gasteiger partial charge in [-0.1, -0.05) is 33.6 Å². The molecule has 0 aromatic heterocycles. The fourth-order valence-corrected chi connectivity index (χ4v) is 5.99. The molecule has 4 aliphatic carbocycles. The first-order valence-corrected chi connectivity index (χ1v) is 13.4. The van der Waals surface area contributed by atoms with Gasteiger partial charge in [0.25, 0.3) is 0 Å². The molecule has 0 radical (unpaired) electrons. The van der Waals surface area contributed by atoms with Crippen LogP contribution in [-0.2, 0) is 19.2 Å². The second-order valence-corrected chi connectivity index (χ2v) is 12.6. The molecule has 8 N–H and O–H groups in total. The Morgan fingerprint density at radius 2 is 0.881 bits per heavy atom. The molecule has 2 atom stereocenters. The maximum absolute atomic E-state index is 11.5. The van der Waals surface area contributed by atoms with E-state index in [1.54, 1.807) is 0 Å². The van der Waals surface area contributed by atoms with E-state index in [1.165, 1.54) is 40.0 Å². The predicted molar refractivity (Wildman–Crippen MR) is 156 cm³/mol. The Labute approximate surface area is 247 Å². The normalized spacial score (nSPS) is 26.2. The van der Waals surface area contributed by atoms with Crippen LogP contribution in [0.2, 0.25) is 0 Å². The minimum atomic E-state index is -1.11. The van der Waals surface area contributed by atoms with Crippen LogP contribution in [0.1, 0.15) is 73.1 Å². The van der Waals surface area contributed by atoms with Crippen molar-refractivity contribution in [2.75, 3.05) is 26.4 Å². The zero-order chi connectivity index (χ0) is 33.7. The fraction of sp³-hybridized carbons (Fsp3) is 0.667. The number of hydrogen-bond donors (Lipinski definition) is 8. The Morgan fingerprint density at radius 1 is 0.619 bits per heavy atom. The van der Waals surface area contributed by atoms with Crippen LogP contribution < -0.4 is 0 Å². The van der Waals surface area contributed by atoms with E-state index in [0.717, 1.165) is 19.3 Å². The maximum atomic E-state index is 11.5. The van der Waals surface area contributed by atoms with Gasteiger partial charge in [-0.2, -0.15) is 0 Å². The van der Waals surface area contributed by atoms with Gasteiger partial charge < -0.3 is 40.9 Å². The van der Waals surface area contributed by atoms with Crippen molar-refractivity contribution < 1.29 is 60.0 Å². The summed E-state index contributed by atoms with van der Waals surface area (Å²) in [6, 6.07) is 0. The Balaban J connectivity index is 0. The minimum Gasteiger partial charge on any atom is -0.481 e. The van der Waals surface area contributed by atoms with E-state index < -0.39 is 55.7 Å². The quantitative estimate of drug-likeness (QED) is 0.187. The van der Waals surface area contributed by atoms with Crippen LogP contribution in [-0.4, -0.2) is 91.2 Å². The highest BCUT2D eigenvalue weighted by Crippen LogP contribution is 2.69. The third-order valence-corrected chi connectivity index (χ3v) is 7.52. The molecule has 0 spiro atoms. The van der Waals surface area contributed by atoms with Crippen LogP contribution in [0.4, 0.5) is 0 Å². The van der Waals surface area contributed by atoms with Gasteiger partial charge in [0.05, 0.1) is 37.3 Å². The van der Waals surface area contributed by atoms with Crippen molar-refractivity contribution in [2.24, 2.45) is 27.6 Å². The van der Waals surface area contributed by atoms with Crippen molar-refractivity contribution >= 4 is 23.9 Å². The monoisotopic (exact) mass is 602 g/mol. The van der Waals surface area contributed by atoms with E-state index in [9.17, 15) is 24.3 Å². The summed E-state index contributed by atoms with van der Waals surface area (Å²) in [5.41, 5.74) is -0.290. The highest BCUT2D eigenvalue weighted by Gasteiger charge is 2.62. The van der Waals surface area contributed by atoms with E-state index in [1.807, 2.05) is 0 Å². The first kappa shape index (κ1) is 41.1. The number of hydrogen-bond acceptors (Lipinski definition) is 8. The van der Waals surface area contributed by atoms with Crippen LogP contribution in [0.5, 0.6) is 0 Å². The van der Waals surface area contributed by atoms with Crippen molar-refractivity contribution in [3.8, 4) is 0 Å². The Hall–Kier alpha value is -3.06. The van der Waals surface area contributed by atoms with Gasteiger partial charge in [0.1, 0.15) is 0 Å². The zero-order valence-corrected chi connectivity index (χ0v) is 25.5. The molecule has 0 saturated heterocycles. The molecule has 42 heavy (non-hydrogen) atoms. The topological polar surface area (TPSA) is 230 Å². The summed E-state index contributed by atoms with van der Waals surface area (Å²) < 4.78 is 0. The summed E-state index contributed by atoms with van der Waals surface area (Å²) in [5.74, 6) is -2.64. The average Bonchev–Trinajstić information content (AvgIpc) is 2.85. The molecule has 4 saturated carbocycles. The molecule has 12 heteroatoms. The first-order chi connectivity index (χ1) is 19.0. The summed E-state index contributed by atoms with van der Waals surface area (Å²) >= 11 is 0. The zero-order valence-electron chi connectivity index (χ0n) is 25.5. The molecular formula is C30H50O12. The molecule has 4 rings (SSSR count). The highest BCUT2D eigenvalue weighted by molar-refractivity contribution is 5.85. The fourth-order valence-electron chi connectivity index (χ4n) is 5.99. The van der Waals surface area contributed by atoms with Crippen LogP contribution in [0.3, 0.4) is 0 Å². The van der Waals surface area contributed by atoms with Crippen molar-refractivity contribution in [3.05, 3.63) is 36.5 Å². The molecule has 4 bridgehead atoms. The molecule has 2 unspecified atom stereocenters. The van der Waals surface area contributed by atoms with Gasteiger partial charge >= 0.3 is 23.9 Å². The lowest BCUT2D eigenvalue weighted by atomic mass is 9.40. The van der Waals surface area contributed by atoms with E-state index >= 15 is 0 Å². The molecule has 4 fully saturated rings. The largest absolute Gasteiger partial charge is 0.481 e. The number of aliphatic hydroxyl groups is 4. The van der Waals surface area contributed by atoms with Gasteiger partial charge in [0, 0.05) is 16.7 Å². The summed E-state index contributed by atoms with van der Waals surface area (Å²) in [7, 11) is 0. The Kier molecular flexibility index (Phi) is 16.8. The number of rotatable bonds is 8. The second-order valence-electron chi connectivity index (χ2n) is 12.6. The molecule has 0 amide bonds. The van der Waals surface area contributed by atoms with Gasteiger partial charge in [-0.25, -0.2) is 14.4 Å². The number of carboxylic acids is 4. The third-order valence-electron chi connectivity index (χ3n) is 7.52. The van der Waals surface area contributed by atoms with Crippen LogP contribution in [0, 0.1) is 27.6 Å². The van der Waals surface area contributed by atoms with Gasteiger partial charge in [0.15, 0.2) is 0 Å². The lowest BCUT2D eigenvalue weighted by molar-refractivity contribution is -0.185. The maximum Gasteiger partial charge on any atom is 0.330 e. The molecule has 12 nitrogen and oxygen atoms in total. The smallest absolute Gasteiger partial charge is 0.330 e. The molecule has 4 aliphatic rings. The standard InChI is InChI=1S/C13H20O2.C5H12O4.3C4H6O2/c1-11-3-9-4-12(2,6-11)8-13(5-9,7-11)10(14)15;6-1-5(2-7,3-8)4-9;3*1-3(2)4(5)6/h9H,3-8H2,1-2H3,(H,14,15);6-9H,1-4H2;3*1H2,2H3,(H,5,6). The molecular weight excluding hydrogens is 552 g/mol. The van der Waals surface area contributed by atoms with Crippen molar-refractivity contribution in [3.63, 3.8) is 0 Å². The minimum absolute atomic E-state index is 0.176. The molecule has 0 aromatic rings. The molecule has 242 valence electrons. The predicted octanol–water partition coefficient (Wildman–Crippen LogP) is 2.95. The lowest BCUT2D eigenvalue weighted by Crippen LogP contribution is -2.57. The first-order valence-electron chi connectivity index (χ1n) is 13.4. The summed E-state index contributed by atoms with van der Waals surface area (Å²) in [4.78, 5) is 40.3. The van der Waals surface area contributed by atoms with E-state index in [4.69, 9.17) is 35.7 Å². The summed E-state index contributed by atoms with van der Waals surface area (Å²) in [6.07, 6.45) is 6.62. The number of carboxylic acid groups (broad SMARTS) is 4. The highest BCUT2D eigenvalue weighted by atomic mass is 16.4. The van der Waals surface area contributed by atoms with Crippen molar-refractivity contribution in [1.29, 1.82) is 0 Å².